The molecule has 0 spiro atoms. The van der Waals surface area contributed by atoms with Gasteiger partial charge in [-0.1, -0.05) is 0 Å². The van der Waals surface area contributed by atoms with Crippen molar-refractivity contribution in [1.82, 2.24) is 19.7 Å². The third kappa shape index (κ3) is 5.21. The Bertz CT molecular complexity index is 1110. The van der Waals surface area contributed by atoms with E-state index in [-0.39, 0.29) is 24.3 Å². The van der Waals surface area contributed by atoms with Crippen LogP contribution in [0.4, 0.5) is 10.1 Å². The molecule has 4 heterocycles. The van der Waals surface area contributed by atoms with Gasteiger partial charge in [0, 0.05) is 24.7 Å². The maximum Gasteiger partial charge on any atom is 0.275 e. The van der Waals surface area contributed by atoms with Crippen molar-refractivity contribution in [2.75, 3.05) is 11.9 Å². The Morgan fingerprint density at radius 3 is 3.03 bits per heavy atom. The number of nitrogens with one attached hydrogen (secondary N) is 1. The summed E-state index contributed by atoms with van der Waals surface area (Å²) in [5, 5.41) is 9.44. The first-order chi connectivity index (χ1) is 15.8. The van der Waals surface area contributed by atoms with E-state index in [1.807, 2.05) is 19.9 Å². The minimum Gasteiger partial charge on any atom is -0.474 e. The predicted octanol–water partition coefficient (Wildman–Crippen LogP) is 3.50. The van der Waals surface area contributed by atoms with Crippen molar-refractivity contribution in [2.45, 2.75) is 51.1 Å². The summed E-state index contributed by atoms with van der Waals surface area (Å²) in [4.78, 5) is 21.7. The lowest BCUT2D eigenvalue weighted by Crippen LogP contribution is -2.32. The minimum absolute atomic E-state index is 0.0428. The van der Waals surface area contributed by atoms with E-state index in [1.165, 1.54) is 11.3 Å². The van der Waals surface area contributed by atoms with Gasteiger partial charge >= 0.3 is 0 Å². The Morgan fingerprint density at radius 1 is 1.42 bits per heavy atom. The molecule has 0 unspecified atom stereocenters. The molecule has 0 saturated carbocycles. The predicted molar refractivity (Wildman–Crippen MR) is 123 cm³/mol. The number of pyridine rings is 1. The fraction of sp³-hybridized carbons (Fsp3) is 0.455. The van der Waals surface area contributed by atoms with Crippen molar-refractivity contribution in [3.63, 3.8) is 0 Å². The molecule has 1 amide bonds. The molecule has 1 aliphatic heterocycles. The lowest BCUT2D eigenvalue weighted by atomic mass is 10.0. The Hall–Kier alpha value is -2.89. The van der Waals surface area contributed by atoms with E-state index in [0.717, 1.165) is 5.56 Å². The van der Waals surface area contributed by atoms with Crippen molar-refractivity contribution in [3.05, 3.63) is 41.3 Å². The van der Waals surface area contributed by atoms with Gasteiger partial charge in [-0.15, -0.1) is 11.3 Å². The molecule has 0 radical (unpaired) electrons. The van der Waals surface area contributed by atoms with Gasteiger partial charge in [-0.2, -0.15) is 5.10 Å². The lowest BCUT2D eigenvalue weighted by molar-refractivity contribution is 0.0247. The Balaban J connectivity index is 1.53. The average molecular weight is 475 g/mol. The number of hydrogen-bond acceptors (Lipinski definition) is 8. The topological polar surface area (TPSA) is 117 Å². The molecule has 9 nitrogen and oxygen atoms in total. The molecule has 0 aliphatic carbocycles. The van der Waals surface area contributed by atoms with Crippen LogP contribution in [-0.4, -0.2) is 50.6 Å². The SMILES string of the molecule is CC(C)Oc1ncccc1-c1nc(C(=O)Nc2cnn(C)c2[C@@H]2CC[C@@H](N)[C@H](F)CO2)cs1. The van der Waals surface area contributed by atoms with Gasteiger partial charge in [0.1, 0.15) is 23.0 Å². The van der Waals surface area contributed by atoms with Crippen LogP contribution in [0.15, 0.2) is 29.9 Å². The van der Waals surface area contributed by atoms with Gasteiger partial charge in [0.25, 0.3) is 5.91 Å². The largest absolute Gasteiger partial charge is 0.474 e. The van der Waals surface area contributed by atoms with Crippen LogP contribution in [0.3, 0.4) is 0 Å². The highest BCUT2D eigenvalue weighted by Gasteiger charge is 2.30. The number of alkyl halides is 1. The first-order valence-electron chi connectivity index (χ1n) is 10.8. The fourth-order valence-electron chi connectivity index (χ4n) is 3.64. The Kier molecular flexibility index (Phi) is 7.01. The zero-order valence-corrected chi connectivity index (χ0v) is 19.5. The molecular formula is C22H27FN6O3S. The molecule has 1 fully saturated rings. The Labute approximate surface area is 195 Å². The van der Waals surface area contributed by atoms with Crippen LogP contribution in [0.2, 0.25) is 0 Å². The highest BCUT2D eigenvalue weighted by molar-refractivity contribution is 7.13. The van der Waals surface area contributed by atoms with E-state index >= 15 is 0 Å². The average Bonchev–Trinajstić information content (AvgIpc) is 3.37. The second-order valence-electron chi connectivity index (χ2n) is 8.16. The Morgan fingerprint density at radius 2 is 2.24 bits per heavy atom. The van der Waals surface area contributed by atoms with E-state index in [2.05, 4.69) is 20.4 Å². The number of carbonyl (C=O) groups excluding carboxylic acids is 1. The molecule has 3 aromatic heterocycles. The number of aryl methyl sites for hydroxylation is 1. The molecule has 4 rings (SSSR count). The zero-order valence-electron chi connectivity index (χ0n) is 18.7. The third-order valence-corrected chi connectivity index (χ3v) is 6.18. The number of aromatic nitrogens is 4. The zero-order chi connectivity index (χ0) is 23.5. The van der Waals surface area contributed by atoms with Crippen molar-refractivity contribution >= 4 is 22.9 Å². The molecule has 33 heavy (non-hydrogen) atoms. The second kappa shape index (κ2) is 9.94. The summed E-state index contributed by atoms with van der Waals surface area (Å²) in [6, 6.07) is 3.09. The van der Waals surface area contributed by atoms with Crippen LogP contribution in [0.1, 0.15) is 49.0 Å². The van der Waals surface area contributed by atoms with E-state index in [9.17, 15) is 9.18 Å². The van der Waals surface area contributed by atoms with Gasteiger partial charge < -0.3 is 20.5 Å². The summed E-state index contributed by atoms with van der Waals surface area (Å²) in [6.45, 7) is 3.75. The number of halogens is 1. The summed E-state index contributed by atoms with van der Waals surface area (Å²) in [6.07, 6.45) is 2.54. The maximum absolute atomic E-state index is 14.0. The number of rotatable bonds is 6. The van der Waals surface area contributed by atoms with Crippen LogP contribution < -0.4 is 15.8 Å². The first kappa shape index (κ1) is 23.3. The van der Waals surface area contributed by atoms with Gasteiger partial charge in [0.05, 0.1) is 35.9 Å². The molecule has 0 bridgehead atoms. The monoisotopic (exact) mass is 474 g/mol. The fourth-order valence-corrected chi connectivity index (χ4v) is 4.46. The number of thiazole rings is 1. The highest BCUT2D eigenvalue weighted by Crippen LogP contribution is 2.34. The van der Waals surface area contributed by atoms with Gasteiger partial charge in [-0.3, -0.25) is 9.48 Å². The summed E-state index contributed by atoms with van der Waals surface area (Å²) >= 11 is 1.33. The smallest absolute Gasteiger partial charge is 0.275 e. The normalized spacial score (nSPS) is 21.1. The number of amides is 1. The lowest BCUT2D eigenvalue weighted by Gasteiger charge is -2.17. The van der Waals surface area contributed by atoms with Gasteiger partial charge in [0.15, 0.2) is 0 Å². The van der Waals surface area contributed by atoms with Crippen LogP contribution >= 0.6 is 11.3 Å². The molecule has 11 heteroatoms. The van der Waals surface area contributed by atoms with Crippen LogP contribution in [0.25, 0.3) is 10.6 Å². The number of anilines is 1. The van der Waals surface area contributed by atoms with Crippen molar-refractivity contribution in [2.24, 2.45) is 12.8 Å². The van der Waals surface area contributed by atoms with Gasteiger partial charge in [-0.25, -0.2) is 14.4 Å². The van der Waals surface area contributed by atoms with E-state index in [1.54, 1.807) is 35.6 Å². The van der Waals surface area contributed by atoms with E-state index in [4.69, 9.17) is 15.2 Å². The van der Waals surface area contributed by atoms with Crippen LogP contribution in [0.5, 0.6) is 5.88 Å². The third-order valence-electron chi connectivity index (χ3n) is 5.31. The van der Waals surface area contributed by atoms with Crippen LogP contribution in [-0.2, 0) is 11.8 Å². The quantitative estimate of drug-likeness (QED) is 0.561. The molecular weight excluding hydrogens is 447 g/mol. The summed E-state index contributed by atoms with van der Waals surface area (Å²) in [7, 11) is 1.76. The van der Waals surface area contributed by atoms with E-state index in [0.29, 0.717) is 35.1 Å². The minimum atomic E-state index is -1.22. The van der Waals surface area contributed by atoms with Crippen LogP contribution in [0, 0.1) is 0 Å². The highest BCUT2D eigenvalue weighted by atomic mass is 32.1. The van der Waals surface area contributed by atoms with E-state index < -0.39 is 18.3 Å². The maximum atomic E-state index is 14.0. The summed E-state index contributed by atoms with van der Waals surface area (Å²) in [5.74, 6) is 0.0916. The first-order valence-corrected chi connectivity index (χ1v) is 11.6. The number of nitrogens with zero attached hydrogens (tertiary/aromatic N) is 4. The number of carbonyl (C=O) groups is 1. The summed E-state index contributed by atoms with van der Waals surface area (Å²) in [5.41, 5.74) is 8.00. The molecule has 176 valence electrons. The van der Waals surface area contributed by atoms with Crippen molar-refractivity contribution < 1.29 is 18.7 Å². The standard InChI is InChI=1S/C22H27FN6O3S/c1-12(2)32-21-13(5-4-8-25-21)22-28-17(11-33-22)20(30)27-16-9-26-29(3)19(16)18-7-6-15(24)14(23)10-31-18/h4-5,8-9,11-12,14-15,18H,6-7,10,24H2,1-3H3,(H,27,30)/t14-,15-,18+/m1/s1. The molecule has 1 aliphatic rings. The van der Waals surface area contributed by atoms with Gasteiger partial charge in [0.2, 0.25) is 5.88 Å². The van der Waals surface area contributed by atoms with Crippen molar-refractivity contribution in [3.8, 4) is 16.5 Å². The number of ether oxygens (including phenoxy) is 2. The van der Waals surface area contributed by atoms with Gasteiger partial charge in [-0.05, 0) is 38.8 Å². The molecule has 3 aromatic rings. The van der Waals surface area contributed by atoms with Crippen molar-refractivity contribution in [1.29, 1.82) is 0 Å². The summed E-state index contributed by atoms with van der Waals surface area (Å²) < 4.78 is 27.1. The molecule has 0 aromatic carbocycles. The number of nitrogens with two attached hydrogens (primary N) is 1. The second-order valence-corrected chi connectivity index (χ2v) is 9.02. The molecule has 3 atom stereocenters. The molecule has 1 saturated heterocycles. The molecule has 3 N–H and O–H groups in total. The number of hydrogen-bond donors (Lipinski definition) is 2.